The van der Waals surface area contributed by atoms with E-state index in [1.807, 2.05) is 0 Å². The average molecular weight is 284 g/mol. The molecule has 0 amide bonds. The second-order valence-electron chi connectivity index (χ2n) is 8.38. The lowest BCUT2D eigenvalue weighted by Crippen LogP contribution is -2.61. The Balaban J connectivity index is 1.61. The van der Waals surface area contributed by atoms with Crippen molar-refractivity contribution in [3.8, 4) is 0 Å². The predicted molar refractivity (Wildman–Crippen MR) is 87.2 cm³/mol. The van der Waals surface area contributed by atoms with Crippen LogP contribution < -0.4 is 5.32 Å². The summed E-state index contributed by atoms with van der Waals surface area (Å²) in [6.07, 6.45) is 4.19. The monoisotopic (exact) mass is 284 g/mol. The zero-order chi connectivity index (χ0) is 14.7. The topological polar surface area (TPSA) is 15.3 Å². The Labute approximate surface area is 128 Å². The molecule has 0 spiro atoms. The molecule has 0 aromatic heterocycles. The lowest BCUT2D eigenvalue weighted by Gasteiger charge is -2.47. The first-order chi connectivity index (χ1) is 10.00. The molecule has 1 aromatic rings. The molecule has 0 bridgehead atoms. The van der Waals surface area contributed by atoms with E-state index in [4.69, 9.17) is 0 Å². The van der Waals surface area contributed by atoms with Crippen LogP contribution in [-0.2, 0) is 0 Å². The Morgan fingerprint density at radius 3 is 2.33 bits per heavy atom. The smallest absolute Gasteiger partial charge is 0.0476 e. The minimum Gasteiger partial charge on any atom is -0.308 e. The molecule has 2 nitrogen and oxygen atoms in total. The molecule has 2 heteroatoms. The fourth-order valence-corrected chi connectivity index (χ4v) is 4.30. The van der Waals surface area contributed by atoms with E-state index in [0.717, 1.165) is 18.5 Å². The number of piperazine rings is 1. The van der Waals surface area contributed by atoms with Gasteiger partial charge >= 0.3 is 0 Å². The van der Waals surface area contributed by atoms with Gasteiger partial charge in [-0.1, -0.05) is 44.2 Å². The summed E-state index contributed by atoms with van der Waals surface area (Å²) in [7, 11) is 0. The van der Waals surface area contributed by atoms with E-state index in [1.165, 1.54) is 31.4 Å². The molecule has 3 fully saturated rings. The molecule has 0 radical (unpaired) electrons. The first-order valence-corrected chi connectivity index (χ1v) is 8.55. The van der Waals surface area contributed by atoms with Gasteiger partial charge in [0, 0.05) is 30.7 Å². The molecule has 1 N–H and O–H groups in total. The van der Waals surface area contributed by atoms with Gasteiger partial charge in [-0.05, 0) is 43.1 Å². The maximum Gasteiger partial charge on any atom is 0.0476 e. The Morgan fingerprint density at radius 1 is 1.10 bits per heavy atom. The molecule has 1 saturated heterocycles. The van der Waals surface area contributed by atoms with Gasteiger partial charge in [-0.15, -0.1) is 0 Å². The first-order valence-electron chi connectivity index (χ1n) is 8.55. The number of rotatable bonds is 3. The highest BCUT2D eigenvalue weighted by molar-refractivity contribution is 5.23. The summed E-state index contributed by atoms with van der Waals surface area (Å²) in [5, 5.41) is 3.90. The minimum absolute atomic E-state index is 0.337. The van der Waals surface area contributed by atoms with E-state index in [2.05, 4.69) is 61.3 Å². The Hall–Kier alpha value is -0.860. The summed E-state index contributed by atoms with van der Waals surface area (Å²) < 4.78 is 0. The second-order valence-corrected chi connectivity index (χ2v) is 8.38. The maximum atomic E-state index is 3.90. The van der Waals surface area contributed by atoms with Crippen LogP contribution in [0.25, 0.3) is 0 Å². The summed E-state index contributed by atoms with van der Waals surface area (Å²) in [6.45, 7) is 9.62. The van der Waals surface area contributed by atoms with Crippen molar-refractivity contribution in [1.29, 1.82) is 0 Å². The summed E-state index contributed by atoms with van der Waals surface area (Å²) in [5.74, 6) is 0.901. The van der Waals surface area contributed by atoms with Gasteiger partial charge in [0.25, 0.3) is 0 Å². The molecule has 114 valence electrons. The number of hydrogen-bond donors (Lipinski definition) is 1. The molecule has 21 heavy (non-hydrogen) atoms. The number of nitrogens with zero attached hydrogens (tertiary/aromatic N) is 1. The van der Waals surface area contributed by atoms with Crippen molar-refractivity contribution in [2.75, 3.05) is 13.1 Å². The molecule has 1 aromatic carbocycles. The molecule has 3 unspecified atom stereocenters. The van der Waals surface area contributed by atoms with E-state index in [0.29, 0.717) is 17.0 Å². The van der Waals surface area contributed by atoms with Crippen molar-refractivity contribution < 1.29 is 0 Å². The number of benzene rings is 1. The van der Waals surface area contributed by atoms with E-state index < -0.39 is 0 Å². The number of hydrogen-bond acceptors (Lipinski definition) is 2. The second kappa shape index (κ2) is 4.57. The Kier molecular flexibility index (Phi) is 3.00. The fraction of sp³-hybridized carbons (Fsp3) is 0.684. The van der Waals surface area contributed by atoms with Crippen LogP contribution in [0.1, 0.15) is 51.6 Å². The first kappa shape index (κ1) is 13.8. The third kappa shape index (κ3) is 2.43. The zero-order valence-electron chi connectivity index (χ0n) is 13.6. The molecule has 3 aliphatic rings. The van der Waals surface area contributed by atoms with Crippen molar-refractivity contribution in [3.05, 3.63) is 35.9 Å². The third-order valence-corrected chi connectivity index (χ3v) is 6.14. The summed E-state index contributed by atoms with van der Waals surface area (Å²) >= 11 is 0. The summed E-state index contributed by atoms with van der Waals surface area (Å²) in [6, 6.07) is 12.4. The largest absolute Gasteiger partial charge is 0.308 e. The molecule has 4 rings (SSSR count). The molecular weight excluding hydrogens is 256 g/mol. The van der Waals surface area contributed by atoms with Crippen LogP contribution >= 0.6 is 0 Å². The number of nitrogens with one attached hydrogen (secondary N) is 1. The maximum absolute atomic E-state index is 3.90. The van der Waals surface area contributed by atoms with Gasteiger partial charge in [0.15, 0.2) is 0 Å². The lowest BCUT2D eigenvalue weighted by molar-refractivity contribution is 0.0580. The standard InChI is InChI=1S/C19H28N2/c1-18(2)11-17(18)21-13-19(3,15-9-10-15)20-12-16(21)14-7-5-4-6-8-14/h4-8,15-17,20H,9-13H2,1-3H3. The van der Waals surface area contributed by atoms with Crippen molar-refractivity contribution in [1.82, 2.24) is 10.2 Å². The van der Waals surface area contributed by atoms with E-state index in [-0.39, 0.29) is 0 Å². The summed E-state index contributed by atoms with van der Waals surface area (Å²) in [4.78, 5) is 2.82. The Morgan fingerprint density at radius 2 is 1.76 bits per heavy atom. The average Bonchev–Trinajstić information content (AvgIpc) is 3.36. The van der Waals surface area contributed by atoms with Gasteiger partial charge < -0.3 is 5.32 Å². The normalized spacial score (nSPS) is 39.2. The highest BCUT2D eigenvalue weighted by Gasteiger charge is 2.55. The van der Waals surface area contributed by atoms with Crippen molar-refractivity contribution in [2.45, 2.75) is 57.7 Å². The fourth-order valence-electron chi connectivity index (χ4n) is 4.30. The highest BCUT2D eigenvalue weighted by Crippen LogP contribution is 2.53. The van der Waals surface area contributed by atoms with Crippen molar-refractivity contribution in [3.63, 3.8) is 0 Å². The van der Waals surface area contributed by atoms with Gasteiger partial charge in [-0.25, -0.2) is 0 Å². The minimum atomic E-state index is 0.337. The van der Waals surface area contributed by atoms with Crippen molar-refractivity contribution in [2.24, 2.45) is 11.3 Å². The third-order valence-electron chi connectivity index (χ3n) is 6.14. The van der Waals surface area contributed by atoms with Crippen LogP contribution in [0.3, 0.4) is 0 Å². The van der Waals surface area contributed by atoms with Crippen LogP contribution in [-0.4, -0.2) is 29.6 Å². The van der Waals surface area contributed by atoms with E-state index in [1.54, 1.807) is 0 Å². The molecular formula is C19H28N2. The molecule has 2 saturated carbocycles. The van der Waals surface area contributed by atoms with Gasteiger partial charge in [0.05, 0.1) is 0 Å². The van der Waals surface area contributed by atoms with E-state index >= 15 is 0 Å². The lowest BCUT2D eigenvalue weighted by atomic mass is 9.88. The zero-order valence-corrected chi connectivity index (χ0v) is 13.6. The van der Waals surface area contributed by atoms with Crippen molar-refractivity contribution >= 4 is 0 Å². The molecule has 1 heterocycles. The van der Waals surface area contributed by atoms with Gasteiger partial charge in [-0.3, -0.25) is 4.90 Å². The quantitative estimate of drug-likeness (QED) is 0.912. The SMILES string of the molecule is CC1(C)CC1N1CC(C)(C2CC2)NCC1c1ccccc1. The molecule has 3 atom stereocenters. The molecule has 1 aliphatic heterocycles. The van der Waals surface area contributed by atoms with E-state index in [9.17, 15) is 0 Å². The Bertz CT molecular complexity index is 520. The predicted octanol–water partition coefficient (Wildman–Crippen LogP) is 3.60. The molecule has 2 aliphatic carbocycles. The van der Waals surface area contributed by atoms with Crippen LogP contribution in [0, 0.1) is 11.3 Å². The van der Waals surface area contributed by atoms with Crippen LogP contribution in [0.4, 0.5) is 0 Å². The highest BCUT2D eigenvalue weighted by atomic mass is 15.3. The van der Waals surface area contributed by atoms with Crippen LogP contribution in [0.2, 0.25) is 0 Å². The van der Waals surface area contributed by atoms with Gasteiger partial charge in [0.2, 0.25) is 0 Å². The van der Waals surface area contributed by atoms with Crippen LogP contribution in [0.5, 0.6) is 0 Å². The van der Waals surface area contributed by atoms with Crippen LogP contribution in [0.15, 0.2) is 30.3 Å². The summed E-state index contributed by atoms with van der Waals surface area (Å²) in [5.41, 5.74) is 2.32. The van der Waals surface area contributed by atoms with Gasteiger partial charge in [0.1, 0.15) is 0 Å². The van der Waals surface area contributed by atoms with Gasteiger partial charge in [-0.2, -0.15) is 0 Å².